The molecule has 0 unspecified atom stereocenters. The Labute approximate surface area is 189 Å². The van der Waals surface area contributed by atoms with Crippen LogP contribution in [0.5, 0.6) is 0 Å². The normalized spacial score (nSPS) is 26.6. The van der Waals surface area contributed by atoms with Crippen molar-refractivity contribution in [2.24, 2.45) is 16.6 Å². The summed E-state index contributed by atoms with van der Waals surface area (Å²) in [6.07, 6.45) is 1.85. The van der Waals surface area contributed by atoms with Crippen molar-refractivity contribution in [3.8, 4) is 0 Å². The summed E-state index contributed by atoms with van der Waals surface area (Å²) in [5, 5.41) is 0.239. The Kier molecular flexibility index (Phi) is 5.33. The minimum absolute atomic E-state index is 0.0676. The smallest absolute Gasteiger partial charge is 0.239 e. The lowest BCUT2D eigenvalue weighted by Crippen LogP contribution is -2.43. The molecule has 2 aromatic rings. The summed E-state index contributed by atoms with van der Waals surface area (Å²) < 4.78 is 29.1. The van der Waals surface area contributed by atoms with Gasteiger partial charge in [0.2, 0.25) is 5.91 Å². The molecule has 32 heavy (non-hydrogen) atoms. The molecule has 1 heterocycles. The Morgan fingerprint density at radius 2 is 2.00 bits per heavy atom. The van der Waals surface area contributed by atoms with Crippen molar-refractivity contribution in [1.29, 1.82) is 0 Å². The number of amidine groups is 1. The van der Waals surface area contributed by atoms with E-state index in [1.54, 1.807) is 39.2 Å². The molecule has 4 rings (SSSR count). The van der Waals surface area contributed by atoms with E-state index in [1.165, 1.54) is 47.0 Å². The lowest BCUT2D eigenvalue weighted by atomic mass is 9.84. The zero-order valence-electron chi connectivity index (χ0n) is 17.9. The molecule has 1 amide bonds. The molecule has 2 aromatic carbocycles. The molecule has 164 valence electrons. The Hall–Kier alpha value is -3.18. The highest BCUT2D eigenvalue weighted by Gasteiger charge is 2.71. The van der Waals surface area contributed by atoms with Gasteiger partial charge in [0.15, 0.2) is 10.9 Å². The third-order valence-corrected chi connectivity index (χ3v) is 7.38. The number of carbonyl (C=O) groups is 1. The summed E-state index contributed by atoms with van der Waals surface area (Å²) in [5.41, 5.74) is 6.53. The van der Waals surface area contributed by atoms with E-state index in [-0.39, 0.29) is 22.6 Å². The van der Waals surface area contributed by atoms with Gasteiger partial charge in [0.1, 0.15) is 16.4 Å². The van der Waals surface area contributed by atoms with Gasteiger partial charge < -0.3 is 10.6 Å². The molecule has 1 aliphatic heterocycles. The molecule has 5 nitrogen and oxygen atoms in total. The molecule has 1 aliphatic carbocycles. The number of nitrogens with zero attached hydrogens (tertiary/aromatic N) is 3. The first-order valence-electron chi connectivity index (χ1n) is 10.0. The van der Waals surface area contributed by atoms with Gasteiger partial charge in [0.05, 0.1) is 12.1 Å². The SMILES string of the molecule is [C-]#[N+]c1ccc(/C(F)=C/c2ccc(F)c([C@@]3(C)N=C(N)S[C@@]4(C(=O)N(C)C)C[C@H]43)c2)cc1. The standard InChI is InChI=1S/C24H22F2N4OS/c1-23(20-13-24(20,21(31)30(3)4)32-22(27)29-23)17-11-14(5-10-18(17)25)12-19(26)15-6-8-16(28-2)9-7-15/h5-12,20H,13H2,1,3-4H3,(H2,27,29)/b19-12-/t20-,23+,24-/m0/s1. The summed E-state index contributed by atoms with van der Waals surface area (Å²) in [7, 11) is 3.37. The number of carbonyl (C=O) groups excluding carboxylic acids is 1. The fourth-order valence-electron chi connectivity index (χ4n) is 4.38. The molecule has 1 fully saturated rings. The fraction of sp³-hybridized carbons (Fsp3) is 0.292. The van der Waals surface area contributed by atoms with Crippen molar-refractivity contribution in [3.05, 3.63) is 76.4 Å². The lowest BCUT2D eigenvalue weighted by Gasteiger charge is -2.34. The van der Waals surface area contributed by atoms with Crippen molar-refractivity contribution < 1.29 is 13.6 Å². The number of fused-ring (bicyclic) bond motifs is 1. The van der Waals surface area contributed by atoms with Crippen molar-refractivity contribution in [1.82, 2.24) is 4.90 Å². The average molecular weight is 453 g/mol. The van der Waals surface area contributed by atoms with Gasteiger partial charge in [-0.1, -0.05) is 42.1 Å². The molecular formula is C24H22F2N4OS. The quantitative estimate of drug-likeness (QED) is 0.526. The van der Waals surface area contributed by atoms with Gasteiger partial charge >= 0.3 is 0 Å². The molecule has 1 saturated carbocycles. The molecule has 0 aromatic heterocycles. The molecule has 0 spiro atoms. The summed E-state index contributed by atoms with van der Waals surface area (Å²) in [4.78, 5) is 22.2. The number of halogens is 2. The highest BCUT2D eigenvalue weighted by atomic mass is 32.2. The molecule has 2 N–H and O–H groups in total. The first kappa shape index (κ1) is 22.0. The van der Waals surface area contributed by atoms with E-state index in [2.05, 4.69) is 9.84 Å². The van der Waals surface area contributed by atoms with Crippen molar-refractivity contribution >= 4 is 40.4 Å². The van der Waals surface area contributed by atoms with E-state index in [0.717, 1.165) is 0 Å². The van der Waals surface area contributed by atoms with Crippen LogP contribution in [0.15, 0.2) is 47.5 Å². The van der Waals surface area contributed by atoms with Crippen molar-refractivity contribution in [2.45, 2.75) is 23.6 Å². The maximum atomic E-state index is 15.0. The van der Waals surface area contributed by atoms with Crippen molar-refractivity contribution in [2.75, 3.05) is 14.1 Å². The van der Waals surface area contributed by atoms with Crippen LogP contribution in [0.2, 0.25) is 0 Å². The minimum atomic E-state index is -1.04. The average Bonchev–Trinajstić information content (AvgIpc) is 3.51. The summed E-state index contributed by atoms with van der Waals surface area (Å²) in [6, 6.07) is 10.5. The summed E-state index contributed by atoms with van der Waals surface area (Å²) in [5.74, 6) is -1.27. The van der Waals surface area contributed by atoms with E-state index in [0.29, 0.717) is 23.2 Å². The van der Waals surface area contributed by atoms with Gasteiger partial charge in [0.25, 0.3) is 0 Å². The summed E-state index contributed by atoms with van der Waals surface area (Å²) in [6.45, 7) is 8.77. The molecule has 8 heteroatoms. The van der Waals surface area contributed by atoms with Crippen LogP contribution < -0.4 is 5.73 Å². The Morgan fingerprint density at radius 1 is 1.31 bits per heavy atom. The fourth-order valence-corrected chi connectivity index (χ4v) is 5.88. The molecule has 0 bridgehead atoms. The minimum Gasteiger partial charge on any atom is -0.378 e. The summed E-state index contributed by atoms with van der Waals surface area (Å²) >= 11 is 1.24. The van der Waals surface area contributed by atoms with Gasteiger partial charge in [-0.3, -0.25) is 9.79 Å². The van der Waals surface area contributed by atoms with Gasteiger partial charge in [-0.2, -0.15) is 0 Å². The van der Waals surface area contributed by atoms with Crippen LogP contribution in [0.3, 0.4) is 0 Å². The molecule has 3 atom stereocenters. The second-order valence-electron chi connectivity index (χ2n) is 8.44. The Morgan fingerprint density at radius 3 is 2.62 bits per heavy atom. The van der Waals surface area contributed by atoms with Crippen LogP contribution in [-0.4, -0.2) is 34.8 Å². The van der Waals surface area contributed by atoms with Gasteiger partial charge in [-0.05, 0) is 37.1 Å². The van der Waals surface area contributed by atoms with Gasteiger partial charge in [-0.15, -0.1) is 0 Å². The predicted molar refractivity (Wildman–Crippen MR) is 124 cm³/mol. The predicted octanol–water partition coefficient (Wildman–Crippen LogP) is 4.97. The third kappa shape index (κ3) is 3.56. The zero-order valence-corrected chi connectivity index (χ0v) is 18.7. The molecule has 0 radical (unpaired) electrons. The van der Waals surface area contributed by atoms with E-state index >= 15 is 0 Å². The number of amides is 1. The van der Waals surface area contributed by atoms with Gasteiger partial charge in [0, 0.05) is 31.1 Å². The van der Waals surface area contributed by atoms with Crippen LogP contribution in [0, 0.1) is 18.3 Å². The van der Waals surface area contributed by atoms with Crippen LogP contribution >= 0.6 is 11.8 Å². The molecule has 0 saturated heterocycles. The number of nitrogens with two attached hydrogens (primary N) is 1. The topological polar surface area (TPSA) is 63.0 Å². The van der Waals surface area contributed by atoms with E-state index in [9.17, 15) is 13.6 Å². The Balaban J connectivity index is 1.72. The molecule has 2 aliphatic rings. The number of hydrogen-bond donors (Lipinski definition) is 1. The third-order valence-electron chi connectivity index (χ3n) is 6.09. The second-order valence-corrected chi connectivity index (χ2v) is 9.79. The highest BCUT2D eigenvalue weighted by Crippen LogP contribution is 2.66. The number of rotatable bonds is 4. The molecular weight excluding hydrogens is 430 g/mol. The maximum absolute atomic E-state index is 15.0. The van der Waals surface area contributed by atoms with Crippen LogP contribution in [0.4, 0.5) is 14.5 Å². The zero-order chi connectivity index (χ0) is 23.3. The first-order chi connectivity index (χ1) is 15.1. The number of thioether (sulfide) groups is 1. The van der Waals surface area contributed by atoms with Crippen LogP contribution in [0.1, 0.15) is 30.0 Å². The number of hydrogen-bond acceptors (Lipinski definition) is 4. The second kappa shape index (κ2) is 7.75. The number of benzene rings is 2. The van der Waals surface area contributed by atoms with Crippen LogP contribution in [-0.2, 0) is 10.3 Å². The monoisotopic (exact) mass is 452 g/mol. The van der Waals surface area contributed by atoms with E-state index < -0.39 is 21.9 Å². The number of aliphatic imine (C=N–C) groups is 1. The van der Waals surface area contributed by atoms with E-state index in [4.69, 9.17) is 12.3 Å². The van der Waals surface area contributed by atoms with Crippen molar-refractivity contribution in [3.63, 3.8) is 0 Å². The van der Waals surface area contributed by atoms with Gasteiger partial charge in [-0.25, -0.2) is 13.6 Å². The largest absolute Gasteiger partial charge is 0.378 e. The Bertz CT molecular complexity index is 1200. The first-order valence-corrected chi connectivity index (χ1v) is 10.8. The lowest BCUT2D eigenvalue weighted by molar-refractivity contribution is -0.129. The van der Waals surface area contributed by atoms with E-state index in [1.807, 2.05) is 0 Å². The maximum Gasteiger partial charge on any atom is 0.239 e. The highest BCUT2D eigenvalue weighted by molar-refractivity contribution is 8.15. The van der Waals surface area contributed by atoms with Crippen LogP contribution in [0.25, 0.3) is 16.7 Å².